The van der Waals surface area contributed by atoms with Crippen LogP contribution in [0, 0.1) is 11.3 Å². The number of hydrogen-bond donors (Lipinski definition) is 1. The van der Waals surface area contributed by atoms with Crippen LogP contribution < -0.4 is 5.32 Å². The maximum atomic E-state index is 11.8. The van der Waals surface area contributed by atoms with Crippen molar-refractivity contribution in [3.05, 3.63) is 59.7 Å². The van der Waals surface area contributed by atoms with Crippen LogP contribution in [0.4, 0.5) is 0 Å². The molecule has 0 radical (unpaired) electrons. The number of nitrogens with one attached hydrogen (secondary N) is 1. The zero-order valence-electron chi connectivity index (χ0n) is 10.2. The molecule has 1 amide bonds. The van der Waals surface area contributed by atoms with E-state index in [-0.39, 0.29) is 5.91 Å². The molecule has 0 fully saturated rings. The second kappa shape index (κ2) is 6.26. The predicted molar refractivity (Wildman–Crippen MR) is 69.2 cm³/mol. The largest absolute Gasteiger partial charge is 0.352 e. The molecule has 1 aromatic carbocycles. The normalized spacial score (nSPS) is 9.63. The predicted octanol–water partition coefficient (Wildman–Crippen LogP) is 1.32. The summed E-state index contributed by atoms with van der Waals surface area (Å²) in [5, 5.41) is 11.5. The van der Waals surface area contributed by atoms with E-state index in [1.807, 2.05) is 6.07 Å². The highest BCUT2D eigenvalue weighted by Crippen LogP contribution is 2.03. The molecule has 0 saturated carbocycles. The fourth-order valence-corrected chi connectivity index (χ4v) is 1.56. The monoisotopic (exact) mass is 252 g/mol. The van der Waals surface area contributed by atoms with Gasteiger partial charge in [-0.3, -0.25) is 14.8 Å². The van der Waals surface area contributed by atoms with E-state index < -0.39 is 0 Å². The van der Waals surface area contributed by atoms with Crippen molar-refractivity contribution in [3.8, 4) is 6.07 Å². The van der Waals surface area contributed by atoms with E-state index >= 15 is 0 Å². The lowest BCUT2D eigenvalue weighted by Crippen LogP contribution is -2.25. The first-order valence-electron chi connectivity index (χ1n) is 5.83. The Labute approximate surface area is 110 Å². The van der Waals surface area contributed by atoms with Crippen molar-refractivity contribution in [2.24, 2.45) is 0 Å². The molecule has 0 saturated heterocycles. The first-order valence-corrected chi connectivity index (χ1v) is 5.83. The van der Waals surface area contributed by atoms with Crippen molar-refractivity contribution >= 4 is 5.91 Å². The van der Waals surface area contributed by atoms with Gasteiger partial charge in [-0.25, -0.2) is 0 Å². The molecule has 0 spiro atoms. The topological polar surface area (TPSA) is 78.7 Å². The summed E-state index contributed by atoms with van der Waals surface area (Å²) in [4.78, 5) is 19.9. The maximum absolute atomic E-state index is 11.8. The average molecular weight is 252 g/mol. The van der Waals surface area contributed by atoms with Gasteiger partial charge < -0.3 is 5.32 Å². The van der Waals surface area contributed by atoms with Gasteiger partial charge in [-0.15, -0.1) is 0 Å². The minimum Gasteiger partial charge on any atom is -0.352 e. The van der Waals surface area contributed by atoms with Gasteiger partial charge in [-0.1, -0.05) is 0 Å². The number of hydrogen-bond acceptors (Lipinski definition) is 4. The van der Waals surface area contributed by atoms with E-state index in [1.54, 1.807) is 42.9 Å². The van der Waals surface area contributed by atoms with Gasteiger partial charge >= 0.3 is 0 Å². The molecule has 1 heterocycles. The number of nitriles is 1. The summed E-state index contributed by atoms with van der Waals surface area (Å²) in [7, 11) is 0. The van der Waals surface area contributed by atoms with Crippen LogP contribution >= 0.6 is 0 Å². The molecule has 1 N–H and O–H groups in total. The molecule has 1 aromatic heterocycles. The zero-order valence-corrected chi connectivity index (χ0v) is 10.2. The number of carbonyl (C=O) groups is 1. The number of aromatic nitrogens is 2. The van der Waals surface area contributed by atoms with Crippen LogP contribution in [0.2, 0.25) is 0 Å². The highest BCUT2D eigenvalue weighted by atomic mass is 16.1. The van der Waals surface area contributed by atoms with Gasteiger partial charge in [0.2, 0.25) is 0 Å². The van der Waals surface area contributed by atoms with Crippen molar-refractivity contribution in [1.29, 1.82) is 5.26 Å². The van der Waals surface area contributed by atoms with Crippen molar-refractivity contribution in [2.45, 2.75) is 6.42 Å². The molecule has 0 aliphatic heterocycles. The second-order valence-electron chi connectivity index (χ2n) is 3.89. The third-order valence-corrected chi connectivity index (χ3v) is 2.56. The Morgan fingerprint density at radius 3 is 2.68 bits per heavy atom. The van der Waals surface area contributed by atoms with E-state index in [9.17, 15) is 4.79 Å². The Hall–Kier alpha value is -2.74. The van der Waals surface area contributed by atoms with Crippen LogP contribution in [0.25, 0.3) is 0 Å². The summed E-state index contributed by atoms with van der Waals surface area (Å²) in [6.07, 6.45) is 5.54. The summed E-state index contributed by atoms with van der Waals surface area (Å²) in [5.74, 6) is -0.159. The number of benzene rings is 1. The number of carbonyl (C=O) groups excluding carboxylic acids is 1. The van der Waals surface area contributed by atoms with Crippen LogP contribution in [-0.2, 0) is 6.42 Å². The minimum atomic E-state index is -0.159. The third kappa shape index (κ3) is 3.61. The summed E-state index contributed by atoms with van der Waals surface area (Å²) in [6, 6.07) is 8.53. The molecular formula is C14H12N4O. The highest BCUT2D eigenvalue weighted by Gasteiger charge is 2.04. The van der Waals surface area contributed by atoms with E-state index in [1.165, 1.54) is 0 Å². The van der Waals surface area contributed by atoms with Gasteiger partial charge in [0.1, 0.15) is 0 Å². The molecular weight excluding hydrogens is 240 g/mol. The van der Waals surface area contributed by atoms with Gasteiger partial charge in [0.15, 0.2) is 0 Å². The summed E-state index contributed by atoms with van der Waals surface area (Å²) >= 11 is 0. The fraction of sp³-hybridized carbons (Fsp3) is 0.143. The second-order valence-corrected chi connectivity index (χ2v) is 3.89. The Balaban J connectivity index is 1.86. The van der Waals surface area contributed by atoms with Gasteiger partial charge in [-0.05, 0) is 24.3 Å². The van der Waals surface area contributed by atoms with Crippen LogP contribution in [-0.4, -0.2) is 22.4 Å². The van der Waals surface area contributed by atoms with Crippen LogP contribution in [0.1, 0.15) is 21.6 Å². The van der Waals surface area contributed by atoms with Gasteiger partial charge in [0.05, 0.1) is 17.3 Å². The van der Waals surface area contributed by atoms with Gasteiger partial charge in [0.25, 0.3) is 5.91 Å². The van der Waals surface area contributed by atoms with E-state index in [4.69, 9.17) is 5.26 Å². The van der Waals surface area contributed by atoms with Crippen LogP contribution in [0.15, 0.2) is 42.9 Å². The minimum absolute atomic E-state index is 0.159. The van der Waals surface area contributed by atoms with Gasteiger partial charge in [-0.2, -0.15) is 5.26 Å². The van der Waals surface area contributed by atoms with Crippen LogP contribution in [0.3, 0.4) is 0 Å². The molecule has 0 unspecified atom stereocenters. The number of rotatable bonds is 4. The Kier molecular flexibility index (Phi) is 4.19. The first kappa shape index (κ1) is 12.7. The SMILES string of the molecule is N#Cc1ccc(C(=O)NCCc2cnccn2)cc1. The van der Waals surface area contributed by atoms with Crippen molar-refractivity contribution in [1.82, 2.24) is 15.3 Å². The van der Waals surface area contributed by atoms with Crippen molar-refractivity contribution in [2.75, 3.05) is 6.54 Å². The number of amides is 1. The molecule has 0 aliphatic rings. The summed E-state index contributed by atoms with van der Waals surface area (Å²) < 4.78 is 0. The quantitative estimate of drug-likeness (QED) is 0.890. The molecule has 5 heteroatoms. The smallest absolute Gasteiger partial charge is 0.251 e. The van der Waals surface area contributed by atoms with Crippen molar-refractivity contribution in [3.63, 3.8) is 0 Å². The molecule has 0 bridgehead atoms. The molecule has 19 heavy (non-hydrogen) atoms. The van der Waals surface area contributed by atoms with Crippen molar-refractivity contribution < 1.29 is 4.79 Å². The molecule has 2 rings (SSSR count). The lowest BCUT2D eigenvalue weighted by Gasteiger charge is -2.04. The molecule has 0 aliphatic carbocycles. The maximum Gasteiger partial charge on any atom is 0.251 e. The van der Waals surface area contributed by atoms with E-state index in [2.05, 4.69) is 15.3 Å². The lowest BCUT2D eigenvalue weighted by molar-refractivity contribution is 0.0954. The Morgan fingerprint density at radius 2 is 2.05 bits per heavy atom. The van der Waals surface area contributed by atoms with E-state index in [0.717, 1.165) is 5.69 Å². The summed E-state index contributed by atoms with van der Waals surface area (Å²) in [5.41, 5.74) is 1.91. The Morgan fingerprint density at radius 1 is 1.26 bits per heavy atom. The summed E-state index contributed by atoms with van der Waals surface area (Å²) in [6.45, 7) is 0.498. The third-order valence-electron chi connectivity index (χ3n) is 2.56. The standard InChI is InChI=1S/C14H12N4O/c15-9-11-1-3-12(4-2-11)14(19)18-6-5-13-10-16-7-8-17-13/h1-4,7-8,10H,5-6H2,(H,18,19). The van der Waals surface area contributed by atoms with Crippen LogP contribution in [0.5, 0.6) is 0 Å². The number of nitrogens with zero attached hydrogens (tertiary/aromatic N) is 3. The van der Waals surface area contributed by atoms with Gasteiger partial charge in [0, 0.05) is 37.1 Å². The zero-order chi connectivity index (χ0) is 13.5. The fourth-order valence-electron chi connectivity index (χ4n) is 1.56. The van der Waals surface area contributed by atoms with E-state index in [0.29, 0.717) is 24.1 Å². The first-order chi connectivity index (χ1) is 9.29. The lowest BCUT2D eigenvalue weighted by atomic mass is 10.1. The molecule has 94 valence electrons. The Bertz CT molecular complexity index is 587. The average Bonchev–Trinajstić information content (AvgIpc) is 2.48. The molecule has 2 aromatic rings. The highest BCUT2D eigenvalue weighted by molar-refractivity contribution is 5.94. The molecule has 5 nitrogen and oxygen atoms in total. The molecule has 0 atom stereocenters.